The van der Waals surface area contributed by atoms with Gasteiger partial charge in [-0.3, -0.25) is 0 Å². The molecule has 3 aromatic rings. The lowest BCUT2D eigenvalue weighted by Crippen LogP contribution is -1.94. The monoisotopic (exact) mass is 264 g/mol. The Morgan fingerprint density at radius 2 is 2.06 bits per heavy atom. The minimum absolute atomic E-state index is 0. The molecule has 0 aliphatic carbocycles. The molecule has 1 aromatic carbocycles. The second-order valence-electron chi connectivity index (χ2n) is 3.69. The summed E-state index contributed by atoms with van der Waals surface area (Å²) < 4.78 is 13.0. The van der Waals surface area contributed by atoms with Gasteiger partial charge >= 0.3 is 0 Å². The standard InChI is InChI=1S/C12H9FN4.ClH/c13-7-1-2-8-9(6-16-11(8)5-7)10-3-4-15-12(14)17-10;/h1-6,16H,(H2,14,15,17);1H. The van der Waals surface area contributed by atoms with Crippen molar-refractivity contribution in [1.29, 1.82) is 0 Å². The van der Waals surface area contributed by atoms with Crippen molar-refractivity contribution in [3.05, 3.63) is 42.5 Å². The van der Waals surface area contributed by atoms with E-state index < -0.39 is 0 Å². The number of hydrogen-bond acceptors (Lipinski definition) is 3. The topological polar surface area (TPSA) is 67.6 Å². The van der Waals surface area contributed by atoms with Crippen molar-refractivity contribution < 1.29 is 4.39 Å². The van der Waals surface area contributed by atoms with Gasteiger partial charge in [-0.2, -0.15) is 0 Å². The number of anilines is 1. The minimum atomic E-state index is -0.270. The number of rotatable bonds is 1. The summed E-state index contributed by atoms with van der Waals surface area (Å²) in [5.41, 5.74) is 7.88. The fraction of sp³-hybridized carbons (Fsp3) is 0. The van der Waals surface area contributed by atoms with Gasteiger partial charge in [0.25, 0.3) is 0 Å². The van der Waals surface area contributed by atoms with Crippen LogP contribution in [-0.4, -0.2) is 15.0 Å². The molecule has 0 unspecified atom stereocenters. The minimum Gasteiger partial charge on any atom is -0.368 e. The van der Waals surface area contributed by atoms with Gasteiger partial charge in [-0.25, -0.2) is 14.4 Å². The Morgan fingerprint density at radius 3 is 2.83 bits per heavy atom. The summed E-state index contributed by atoms with van der Waals surface area (Å²) in [7, 11) is 0. The average molecular weight is 265 g/mol. The number of nitrogens with zero attached hydrogens (tertiary/aromatic N) is 2. The van der Waals surface area contributed by atoms with Gasteiger partial charge in [0.05, 0.1) is 5.69 Å². The van der Waals surface area contributed by atoms with E-state index in [0.29, 0.717) is 0 Å². The number of aromatic amines is 1. The van der Waals surface area contributed by atoms with E-state index in [1.165, 1.54) is 12.1 Å². The van der Waals surface area contributed by atoms with E-state index >= 15 is 0 Å². The van der Waals surface area contributed by atoms with Crippen molar-refractivity contribution in [2.75, 3.05) is 5.73 Å². The summed E-state index contributed by atoms with van der Waals surface area (Å²) in [6.07, 6.45) is 3.38. The highest BCUT2D eigenvalue weighted by Crippen LogP contribution is 2.27. The van der Waals surface area contributed by atoms with E-state index in [-0.39, 0.29) is 24.2 Å². The van der Waals surface area contributed by atoms with Gasteiger partial charge in [0, 0.05) is 28.9 Å². The number of nitrogens with two attached hydrogens (primary N) is 1. The molecule has 3 rings (SSSR count). The van der Waals surface area contributed by atoms with E-state index in [0.717, 1.165) is 22.2 Å². The van der Waals surface area contributed by atoms with Crippen molar-refractivity contribution in [1.82, 2.24) is 15.0 Å². The first kappa shape index (κ1) is 12.3. The Morgan fingerprint density at radius 1 is 1.22 bits per heavy atom. The Kier molecular flexibility index (Phi) is 3.16. The fourth-order valence-corrected chi connectivity index (χ4v) is 1.83. The third kappa shape index (κ3) is 2.00. The molecule has 0 saturated carbocycles. The summed E-state index contributed by atoms with van der Waals surface area (Å²) in [5.74, 6) is -0.0490. The van der Waals surface area contributed by atoms with E-state index in [1.54, 1.807) is 24.5 Å². The number of nitrogen functional groups attached to an aromatic ring is 1. The number of H-pyrrole nitrogens is 1. The molecule has 0 atom stereocenters. The van der Waals surface area contributed by atoms with Crippen LogP contribution in [0, 0.1) is 5.82 Å². The van der Waals surface area contributed by atoms with E-state index in [4.69, 9.17) is 5.73 Å². The Hall–Kier alpha value is -2.14. The molecule has 2 aromatic heterocycles. The van der Waals surface area contributed by atoms with Gasteiger partial charge in [-0.1, -0.05) is 0 Å². The molecule has 0 spiro atoms. The van der Waals surface area contributed by atoms with Crippen LogP contribution in [0.4, 0.5) is 10.3 Å². The highest BCUT2D eigenvalue weighted by atomic mass is 35.5. The molecule has 0 aliphatic rings. The number of benzene rings is 1. The van der Waals surface area contributed by atoms with Gasteiger partial charge in [0.15, 0.2) is 0 Å². The molecule has 6 heteroatoms. The summed E-state index contributed by atoms with van der Waals surface area (Å²) >= 11 is 0. The fourth-order valence-electron chi connectivity index (χ4n) is 1.83. The predicted octanol–water partition coefficient (Wildman–Crippen LogP) is 2.77. The molecule has 0 bridgehead atoms. The molecule has 0 saturated heterocycles. The molecule has 0 aliphatic heterocycles. The third-order valence-corrected chi connectivity index (χ3v) is 2.59. The first-order chi connectivity index (χ1) is 8.24. The Bertz CT molecular complexity index is 695. The lowest BCUT2D eigenvalue weighted by molar-refractivity contribution is 0.629. The van der Waals surface area contributed by atoms with Crippen molar-refractivity contribution in [2.45, 2.75) is 0 Å². The van der Waals surface area contributed by atoms with Crippen molar-refractivity contribution in [3.63, 3.8) is 0 Å². The lowest BCUT2D eigenvalue weighted by atomic mass is 10.1. The van der Waals surface area contributed by atoms with Crippen LogP contribution < -0.4 is 5.73 Å². The zero-order valence-electron chi connectivity index (χ0n) is 9.22. The quantitative estimate of drug-likeness (QED) is 0.710. The second kappa shape index (κ2) is 4.62. The van der Waals surface area contributed by atoms with Gasteiger partial charge in [0.2, 0.25) is 5.95 Å². The van der Waals surface area contributed by atoms with Crippen LogP contribution in [0.5, 0.6) is 0 Å². The van der Waals surface area contributed by atoms with Crippen LogP contribution in [0.1, 0.15) is 0 Å². The number of nitrogens with one attached hydrogen (secondary N) is 1. The van der Waals surface area contributed by atoms with Gasteiger partial charge in [0.1, 0.15) is 5.82 Å². The van der Waals surface area contributed by atoms with Crippen LogP contribution in [0.15, 0.2) is 36.7 Å². The predicted molar refractivity (Wildman–Crippen MR) is 70.9 cm³/mol. The molecular weight excluding hydrogens is 255 g/mol. The first-order valence-corrected chi connectivity index (χ1v) is 5.09. The van der Waals surface area contributed by atoms with Crippen LogP contribution in [0.3, 0.4) is 0 Å². The summed E-state index contributed by atoms with van der Waals surface area (Å²) in [6.45, 7) is 0. The molecule has 2 heterocycles. The van der Waals surface area contributed by atoms with Crippen molar-refractivity contribution in [2.24, 2.45) is 0 Å². The summed E-state index contributed by atoms with van der Waals surface area (Å²) in [5, 5.41) is 0.907. The van der Waals surface area contributed by atoms with E-state index in [9.17, 15) is 4.39 Å². The molecule has 0 fully saturated rings. The summed E-state index contributed by atoms with van der Waals surface area (Å²) in [6, 6.07) is 6.35. The van der Waals surface area contributed by atoms with Crippen molar-refractivity contribution >= 4 is 29.3 Å². The zero-order chi connectivity index (χ0) is 11.8. The molecule has 4 nitrogen and oxygen atoms in total. The van der Waals surface area contributed by atoms with Crippen molar-refractivity contribution in [3.8, 4) is 11.3 Å². The smallest absolute Gasteiger partial charge is 0.220 e. The third-order valence-electron chi connectivity index (χ3n) is 2.59. The first-order valence-electron chi connectivity index (χ1n) is 5.09. The van der Waals surface area contributed by atoms with Gasteiger partial charge in [-0.15, -0.1) is 12.4 Å². The largest absolute Gasteiger partial charge is 0.368 e. The molecule has 92 valence electrons. The van der Waals surface area contributed by atoms with Crippen LogP contribution in [0.2, 0.25) is 0 Å². The maximum Gasteiger partial charge on any atom is 0.220 e. The number of hydrogen-bond donors (Lipinski definition) is 2. The number of fused-ring (bicyclic) bond motifs is 1. The number of halogens is 2. The highest BCUT2D eigenvalue weighted by molar-refractivity contribution is 5.94. The Balaban J connectivity index is 0.00000120. The summed E-state index contributed by atoms with van der Waals surface area (Å²) in [4.78, 5) is 11.0. The highest BCUT2D eigenvalue weighted by Gasteiger charge is 2.08. The number of aromatic nitrogens is 3. The van der Waals surface area contributed by atoms with Crippen LogP contribution >= 0.6 is 12.4 Å². The van der Waals surface area contributed by atoms with Gasteiger partial charge < -0.3 is 10.7 Å². The normalized spacial score (nSPS) is 10.3. The molecule has 0 amide bonds. The van der Waals surface area contributed by atoms with E-state index in [2.05, 4.69) is 15.0 Å². The van der Waals surface area contributed by atoms with Crippen LogP contribution in [0.25, 0.3) is 22.2 Å². The lowest BCUT2D eigenvalue weighted by Gasteiger charge is -1.99. The zero-order valence-corrected chi connectivity index (χ0v) is 10.0. The SMILES string of the molecule is Cl.Nc1nccc(-c2c[nH]c3cc(F)ccc23)n1. The van der Waals surface area contributed by atoms with Gasteiger partial charge in [-0.05, 0) is 24.3 Å². The van der Waals surface area contributed by atoms with Crippen LogP contribution in [-0.2, 0) is 0 Å². The molecule has 3 N–H and O–H groups in total. The maximum atomic E-state index is 13.0. The van der Waals surface area contributed by atoms with E-state index in [1.807, 2.05) is 0 Å². The molecule has 18 heavy (non-hydrogen) atoms. The average Bonchev–Trinajstić information content (AvgIpc) is 2.71. The molecular formula is C12H10ClFN4. The maximum absolute atomic E-state index is 13.0. The Labute approximate surface area is 108 Å². The molecule has 0 radical (unpaired) electrons. The second-order valence-corrected chi connectivity index (χ2v) is 3.69.